The number of carbonyl (C=O) groups is 2. The van der Waals surface area contributed by atoms with Crippen molar-refractivity contribution in [3.63, 3.8) is 0 Å². The molecule has 5 heteroatoms. The third kappa shape index (κ3) is 5.12. The molecular weight excluding hydrogens is 304 g/mol. The summed E-state index contributed by atoms with van der Waals surface area (Å²) in [4.78, 5) is 24.1. The standard InChI is InChI=1S/C19H22N2O3/c1-3-24-17-7-5-4-6-16(17)19(23)21-13-18(22)20-12-15-10-8-14(2)9-11-15/h4-11H,3,12-13H2,1-2H3,(H,20,22)(H,21,23). The smallest absolute Gasteiger partial charge is 0.255 e. The highest BCUT2D eigenvalue weighted by Gasteiger charge is 2.12. The summed E-state index contributed by atoms with van der Waals surface area (Å²) in [5, 5.41) is 5.39. The summed E-state index contributed by atoms with van der Waals surface area (Å²) in [6, 6.07) is 14.9. The second-order valence-electron chi connectivity index (χ2n) is 5.37. The average molecular weight is 326 g/mol. The number of ether oxygens (including phenoxy) is 1. The Hall–Kier alpha value is -2.82. The molecule has 126 valence electrons. The molecule has 0 aliphatic rings. The third-order valence-electron chi connectivity index (χ3n) is 3.45. The van der Waals surface area contributed by atoms with Gasteiger partial charge in [0.1, 0.15) is 5.75 Å². The number of benzene rings is 2. The van der Waals surface area contributed by atoms with Gasteiger partial charge in [-0.05, 0) is 31.5 Å². The fourth-order valence-electron chi connectivity index (χ4n) is 2.16. The number of hydrogen-bond donors (Lipinski definition) is 2. The molecule has 0 bridgehead atoms. The number of rotatable bonds is 7. The summed E-state index contributed by atoms with van der Waals surface area (Å²) >= 11 is 0. The van der Waals surface area contributed by atoms with Gasteiger partial charge < -0.3 is 15.4 Å². The van der Waals surface area contributed by atoms with Crippen LogP contribution in [0.15, 0.2) is 48.5 Å². The van der Waals surface area contributed by atoms with E-state index in [0.717, 1.165) is 5.56 Å². The predicted octanol–water partition coefficient (Wildman–Crippen LogP) is 2.44. The Balaban J connectivity index is 1.83. The zero-order valence-electron chi connectivity index (χ0n) is 14.0. The van der Waals surface area contributed by atoms with Crippen molar-refractivity contribution in [1.29, 1.82) is 0 Å². The highest BCUT2D eigenvalue weighted by atomic mass is 16.5. The van der Waals surface area contributed by atoms with Crippen molar-refractivity contribution in [1.82, 2.24) is 10.6 Å². The molecule has 2 rings (SSSR count). The minimum absolute atomic E-state index is 0.0782. The SMILES string of the molecule is CCOc1ccccc1C(=O)NCC(=O)NCc1ccc(C)cc1. The maximum Gasteiger partial charge on any atom is 0.255 e. The molecule has 0 spiro atoms. The summed E-state index contributed by atoms with van der Waals surface area (Å²) in [5.74, 6) is -0.0556. The van der Waals surface area contributed by atoms with E-state index in [0.29, 0.717) is 24.5 Å². The zero-order chi connectivity index (χ0) is 17.4. The second-order valence-corrected chi connectivity index (χ2v) is 5.37. The van der Waals surface area contributed by atoms with Crippen molar-refractivity contribution in [2.24, 2.45) is 0 Å². The molecule has 0 fully saturated rings. The van der Waals surface area contributed by atoms with Crippen LogP contribution in [-0.2, 0) is 11.3 Å². The largest absolute Gasteiger partial charge is 0.493 e. The zero-order valence-corrected chi connectivity index (χ0v) is 14.0. The van der Waals surface area contributed by atoms with Crippen molar-refractivity contribution >= 4 is 11.8 Å². The molecule has 2 amide bonds. The van der Waals surface area contributed by atoms with Crippen LogP contribution in [0.4, 0.5) is 0 Å². The van der Waals surface area contributed by atoms with Crippen LogP contribution in [-0.4, -0.2) is 25.0 Å². The first-order valence-electron chi connectivity index (χ1n) is 7.92. The van der Waals surface area contributed by atoms with E-state index in [4.69, 9.17) is 4.74 Å². The van der Waals surface area contributed by atoms with Gasteiger partial charge in [0.2, 0.25) is 5.91 Å². The van der Waals surface area contributed by atoms with Gasteiger partial charge in [0, 0.05) is 6.54 Å². The van der Waals surface area contributed by atoms with Crippen LogP contribution in [0.3, 0.4) is 0 Å². The van der Waals surface area contributed by atoms with Crippen LogP contribution < -0.4 is 15.4 Å². The van der Waals surface area contributed by atoms with Gasteiger partial charge in [-0.15, -0.1) is 0 Å². The maximum absolute atomic E-state index is 12.2. The molecule has 24 heavy (non-hydrogen) atoms. The van der Waals surface area contributed by atoms with Crippen LogP contribution in [0.1, 0.15) is 28.4 Å². The highest BCUT2D eigenvalue weighted by Crippen LogP contribution is 2.17. The van der Waals surface area contributed by atoms with Crippen LogP contribution in [0, 0.1) is 6.92 Å². The van der Waals surface area contributed by atoms with E-state index >= 15 is 0 Å². The molecule has 0 heterocycles. The Morgan fingerprint density at radius 2 is 1.71 bits per heavy atom. The van der Waals surface area contributed by atoms with Gasteiger partial charge in [-0.3, -0.25) is 9.59 Å². The average Bonchev–Trinajstić information content (AvgIpc) is 2.60. The van der Waals surface area contributed by atoms with E-state index in [9.17, 15) is 9.59 Å². The summed E-state index contributed by atoms with van der Waals surface area (Å²) in [5.41, 5.74) is 2.61. The Kier molecular flexibility index (Phi) is 6.37. The van der Waals surface area contributed by atoms with Crippen LogP contribution in [0.2, 0.25) is 0 Å². The van der Waals surface area contributed by atoms with Crippen molar-refractivity contribution in [2.75, 3.05) is 13.2 Å². The molecule has 0 saturated heterocycles. The Morgan fingerprint density at radius 3 is 2.42 bits per heavy atom. The second kappa shape index (κ2) is 8.72. The highest BCUT2D eigenvalue weighted by molar-refractivity contribution is 5.98. The first kappa shape index (κ1) is 17.5. The number of carbonyl (C=O) groups excluding carboxylic acids is 2. The number of hydrogen-bond acceptors (Lipinski definition) is 3. The first-order chi connectivity index (χ1) is 11.6. The van der Waals surface area contributed by atoms with Gasteiger partial charge in [0.05, 0.1) is 18.7 Å². The van der Waals surface area contributed by atoms with E-state index in [-0.39, 0.29) is 18.4 Å². The summed E-state index contributed by atoms with van der Waals surface area (Å²) in [6.07, 6.45) is 0. The van der Waals surface area contributed by atoms with E-state index in [1.807, 2.05) is 38.1 Å². The number of amides is 2. The van der Waals surface area contributed by atoms with Gasteiger partial charge in [0.15, 0.2) is 0 Å². The normalized spacial score (nSPS) is 10.1. The molecule has 0 atom stereocenters. The van der Waals surface area contributed by atoms with Crippen molar-refractivity contribution < 1.29 is 14.3 Å². The Labute approximate surface area is 142 Å². The summed E-state index contributed by atoms with van der Waals surface area (Å²) in [6.45, 7) is 4.70. The van der Waals surface area contributed by atoms with Gasteiger partial charge in [-0.1, -0.05) is 42.0 Å². The summed E-state index contributed by atoms with van der Waals surface area (Å²) in [7, 11) is 0. The van der Waals surface area contributed by atoms with E-state index in [2.05, 4.69) is 10.6 Å². The van der Waals surface area contributed by atoms with E-state index in [1.54, 1.807) is 24.3 Å². The van der Waals surface area contributed by atoms with Crippen molar-refractivity contribution in [3.05, 3.63) is 65.2 Å². The van der Waals surface area contributed by atoms with Gasteiger partial charge in [-0.2, -0.15) is 0 Å². The van der Waals surface area contributed by atoms with Gasteiger partial charge in [-0.25, -0.2) is 0 Å². The van der Waals surface area contributed by atoms with Crippen LogP contribution in [0.5, 0.6) is 5.75 Å². The Morgan fingerprint density at radius 1 is 1.00 bits per heavy atom. The molecule has 2 aromatic carbocycles. The lowest BCUT2D eigenvalue weighted by Crippen LogP contribution is -2.36. The lowest BCUT2D eigenvalue weighted by atomic mass is 10.1. The molecule has 2 aromatic rings. The molecule has 0 unspecified atom stereocenters. The maximum atomic E-state index is 12.2. The molecular formula is C19H22N2O3. The Bertz CT molecular complexity index is 696. The fraction of sp³-hybridized carbons (Fsp3) is 0.263. The first-order valence-corrected chi connectivity index (χ1v) is 7.92. The monoisotopic (exact) mass is 326 g/mol. The third-order valence-corrected chi connectivity index (χ3v) is 3.45. The lowest BCUT2D eigenvalue weighted by Gasteiger charge is -2.10. The topological polar surface area (TPSA) is 67.4 Å². The molecule has 0 radical (unpaired) electrons. The van der Waals surface area contributed by atoms with Crippen molar-refractivity contribution in [2.45, 2.75) is 20.4 Å². The molecule has 0 aromatic heterocycles. The lowest BCUT2D eigenvalue weighted by molar-refractivity contribution is -0.120. The van der Waals surface area contributed by atoms with Gasteiger partial charge in [0.25, 0.3) is 5.91 Å². The van der Waals surface area contributed by atoms with E-state index in [1.165, 1.54) is 5.56 Å². The molecule has 5 nitrogen and oxygen atoms in total. The summed E-state index contributed by atoms with van der Waals surface area (Å²) < 4.78 is 5.42. The number of para-hydroxylation sites is 1. The molecule has 2 N–H and O–H groups in total. The van der Waals surface area contributed by atoms with Gasteiger partial charge >= 0.3 is 0 Å². The predicted molar refractivity (Wildman–Crippen MR) is 93.0 cm³/mol. The van der Waals surface area contributed by atoms with Crippen LogP contribution in [0.25, 0.3) is 0 Å². The quantitative estimate of drug-likeness (QED) is 0.821. The van der Waals surface area contributed by atoms with Crippen LogP contribution >= 0.6 is 0 Å². The van der Waals surface area contributed by atoms with Crippen molar-refractivity contribution in [3.8, 4) is 5.75 Å². The van der Waals surface area contributed by atoms with E-state index < -0.39 is 0 Å². The minimum Gasteiger partial charge on any atom is -0.493 e. The number of aryl methyl sites for hydroxylation is 1. The number of nitrogens with one attached hydrogen (secondary N) is 2. The molecule has 0 aliphatic heterocycles. The fourth-order valence-corrected chi connectivity index (χ4v) is 2.16. The minimum atomic E-state index is -0.329. The molecule has 0 saturated carbocycles. The molecule has 0 aliphatic carbocycles.